The fourth-order valence-corrected chi connectivity index (χ4v) is 1.80. The molecular formula is C13H13Cl2N3. The highest BCUT2D eigenvalue weighted by Gasteiger charge is 2.08. The first-order valence-electron chi connectivity index (χ1n) is 5.65. The number of nitrogens with one attached hydrogen (secondary N) is 1. The molecule has 0 radical (unpaired) electrons. The predicted molar refractivity (Wildman–Crippen MR) is 75.9 cm³/mol. The number of hydrogen-bond donors (Lipinski definition) is 1. The largest absolute Gasteiger partial charge is 0.340 e. The molecule has 1 aromatic heterocycles. The van der Waals surface area contributed by atoms with E-state index in [-0.39, 0.29) is 0 Å². The number of aromatic nitrogens is 2. The van der Waals surface area contributed by atoms with E-state index in [1.165, 1.54) is 0 Å². The summed E-state index contributed by atoms with van der Waals surface area (Å²) >= 11 is 11.9. The Hall–Kier alpha value is -1.32. The van der Waals surface area contributed by atoms with Crippen molar-refractivity contribution in [2.75, 3.05) is 5.32 Å². The molecule has 2 aromatic rings. The third kappa shape index (κ3) is 2.92. The molecule has 0 spiro atoms. The van der Waals surface area contributed by atoms with Crippen molar-refractivity contribution >= 4 is 34.7 Å². The standard InChI is InChI=1S/C13H13Cl2N3/c1-3-11-17-12(15)8(2)13(18-11)16-10-6-4-9(14)5-7-10/h4-7H,3H2,1-2H3,(H,16,17,18). The number of benzene rings is 1. The third-order valence-electron chi connectivity index (χ3n) is 2.56. The van der Waals surface area contributed by atoms with Crippen molar-refractivity contribution in [2.45, 2.75) is 20.3 Å². The van der Waals surface area contributed by atoms with Crippen LogP contribution in [0, 0.1) is 6.92 Å². The summed E-state index contributed by atoms with van der Waals surface area (Å²) in [6.45, 7) is 3.88. The van der Waals surface area contributed by atoms with Gasteiger partial charge in [-0.05, 0) is 31.2 Å². The van der Waals surface area contributed by atoms with E-state index in [4.69, 9.17) is 23.2 Å². The van der Waals surface area contributed by atoms with Gasteiger partial charge in [-0.1, -0.05) is 30.1 Å². The average molecular weight is 282 g/mol. The maximum atomic E-state index is 6.08. The number of hydrogen-bond acceptors (Lipinski definition) is 3. The fraction of sp³-hybridized carbons (Fsp3) is 0.231. The number of nitrogens with zero attached hydrogens (tertiary/aromatic N) is 2. The van der Waals surface area contributed by atoms with E-state index in [1.807, 2.05) is 38.1 Å². The van der Waals surface area contributed by atoms with Gasteiger partial charge in [0.2, 0.25) is 0 Å². The molecule has 0 saturated heterocycles. The Labute approximate surface area is 116 Å². The molecule has 0 atom stereocenters. The summed E-state index contributed by atoms with van der Waals surface area (Å²) in [5, 5.41) is 4.41. The Morgan fingerprint density at radius 1 is 1.11 bits per heavy atom. The van der Waals surface area contributed by atoms with Crippen LogP contribution in [0.2, 0.25) is 10.2 Å². The fourth-order valence-electron chi connectivity index (χ4n) is 1.48. The molecule has 1 heterocycles. The van der Waals surface area contributed by atoms with Crippen LogP contribution < -0.4 is 5.32 Å². The first kappa shape index (κ1) is 13.1. The van der Waals surface area contributed by atoms with Gasteiger partial charge >= 0.3 is 0 Å². The zero-order valence-corrected chi connectivity index (χ0v) is 11.7. The topological polar surface area (TPSA) is 37.8 Å². The number of anilines is 2. The Morgan fingerprint density at radius 3 is 2.39 bits per heavy atom. The monoisotopic (exact) mass is 281 g/mol. The van der Waals surface area contributed by atoms with Crippen molar-refractivity contribution in [3.8, 4) is 0 Å². The summed E-state index contributed by atoms with van der Waals surface area (Å²) in [6.07, 6.45) is 0.745. The van der Waals surface area contributed by atoms with Crippen LogP contribution >= 0.6 is 23.2 Å². The van der Waals surface area contributed by atoms with Gasteiger partial charge in [0.25, 0.3) is 0 Å². The summed E-state index contributed by atoms with van der Waals surface area (Å²) in [6, 6.07) is 7.43. The molecular weight excluding hydrogens is 269 g/mol. The molecule has 94 valence electrons. The van der Waals surface area contributed by atoms with E-state index in [1.54, 1.807) is 0 Å². The third-order valence-corrected chi connectivity index (χ3v) is 3.18. The minimum atomic E-state index is 0.485. The second kappa shape index (κ2) is 5.55. The number of aryl methyl sites for hydroxylation is 1. The minimum absolute atomic E-state index is 0.485. The van der Waals surface area contributed by atoms with E-state index in [0.717, 1.165) is 29.3 Å². The summed E-state index contributed by atoms with van der Waals surface area (Å²) in [5.74, 6) is 1.45. The lowest BCUT2D eigenvalue weighted by atomic mass is 10.3. The zero-order chi connectivity index (χ0) is 13.1. The summed E-state index contributed by atoms with van der Waals surface area (Å²) in [7, 11) is 0. The van der Waals surface area contributed by atoms with Crippen molar-refractivity contribution in [2.24, 2.45) is 0 Å². The SMILES string of the molecule is CCc1nc(Cl)c(C)c(Nc2ccc(Cl)cc2)n1. The second-order valence-electron chi connectivity index (χ2n) is 3.89. The summed E-state index contributed by atoms with van der Waals surface area (Å²) in [4.78, 5) is 8.63. The summed E-state index contributed by atoms with van der Waals surface area (Å²) in [5.41, 5.74) is 1.75. The smallest absolute Gasteiger partial charge is 0.138 e. The minimum Gasteiger partial charge on any atom is -0.340 e. The molecule has 0 saturated carbocycles. The van der Waals surface area contributed by atoms with Gasteiger partial charge in [-0.2, -0.15) is 0 Å². The van der Waals surface area contributed by atoms with E-state index in [0.29, 0.717) is 10.2 Å². The molecule has 0 amide bonds. The van der Waals surface area contributed by atoms with Gasteiger partial charge in [0.15, 0.2) is 0 Å². The molecule has 18 heavy (non-hydrogen) atoms. The first-order chi connectivity index (χ1) is 8.60. The Balaban J connectivity index is 2.33. The summed E-state index contributed by atoms with van der Waals surface area (Å²) < 4.78 is 0. The predicted octanol–water partition coefficient (Wildman–Crippen LogP) is 4.40. The van der Waals surface area contributed by atoms with Crippen molar-refractivity contribution in [3.05, 3.63) is 45.8 Å². The lowest BCUT2D eigenvalue weighted by molar-refractivity contribution is 0.934. The molecule has 0 aliphatic rings. The van der Waals surface area contributed by atoms with Gasteiger partial charge in [-0.15, -0.1) is 0 Å². The highest BCUT2D eigenvalue weighted by Crippen LogP contribution is 2.24. The van der Waals surface area contributed by atoms with Gasteiger partial charge in [0, 0.05) is 22.7 Å². The molecule has 1 N–H and O–H groups in total. The molecule has 0 aliphatic heterocycles. The molecule has 0 fully saturated rings. The van der Waals surface area contributed by atoms with Crippen LogP contribution in [0.3, 0.4) is 0 Å². The van der Waals surface area contributed by atoms with Crippen LogP contribution in [0.1, 0.15) is 18.3 Å². The second-order valence-corrected chi connectivity index (χ2v) is 4.68. The van der Waals surface area contributed by atoms with Gasteiger partial charge in [-0.3, -0.25) is 0 Å². The van der Waals surface area contributed by atoms with Crippen molar-refractivity contribution in [1.82, 2.24) is 9.97 Å². The van der Waals surface area contributed by atoms with Crippen LogP contribution in [-0.4, -0.2) is 9.97 Å². The maximum Gasteiger partial charge on any atom is 0.138 e. The van der Waals surface area contributed by atoms with Crippen molar-refractivity contribution in [1.29, 1.82) is 0 Å². The highest BCUT2D eigenvalue weighted by atomic mass is 35.5. The van der Waals surface area contributed by atoms with Crippen LogP contribution in [0.25, 0.3) is 0 Å². The van der Waals surface area contributed by atoms with Gasteiger partial charge in [0.05, 0.1) is 0 Å². The van der Waals surface area contributed by atoms with E-state index in [9.17, 15) is 0 Å². The van der Waals surface area contributed by atoms with Crippen LogP contribution in [0.5, 0.6) is 0 Å². The number of halogens is 2. The zero-order valence-electron chi connectivity index (χ0n) is 10.2. The van der Waals surface area contributed by atoms with Crippen LogP contribution in [0.4, 0.5) is 11.5 Å². The molecule has 1 aromatic carbocycles. The molecule has 5 heteroatoms. The van der Waals surface area contributed by atoms with Crippen LogP contribution in [0.15, 0.2) is 24.3 Å². The maximum absolute atomic E-state index is 6.08. The first-order valence-corrected chi connectivity index (χ1v) is 6.41. The van der Waals surface area contributed by atoms with E-state index >= 15 is 0 Å². The van der Waals surface area contributed by atoms with Crippen LogP contribution in [-0.2, 0) is 6.42 Å². The van der Waals surface area contributed by atoms with Crippen molar-refractivity contribution < 1.29 is 0 Å². The van der Waals surface area contributed by atoms with Crippen molar-refractivity contribution in [3.63, 3.8) is 0 Å². The van der Waals surface area contributed by atoms with Gasteiger partial charge in [-0.25, -0.2) is 9.97 Å². The molecule has 0 aliphatic carbocycles. The highest BCUT2D eigenvalue weighted by molar-refractivity contribution is 6.30. The normalized spacial score (nSPS) is 10.4. The Kier molecular flexibility index (Phi) is 4.04. The molecule has 0 bridgehead atoms. The quantitative estimate of drug-likeness (QED) is 0.848. The molecule has 0 unspecified atom stereocenters. The molecule has 3 nitrogen and oxygen atoms in total. The van der Waals surface area contributed by atoms with Gasteiger partial charge < -0.3 is 5.32 Å². The average Bonchev–Trinajstić information content (AvgIpc) is 2.37. The van der Waals surface area contributed by atoms with E-state index in [2.05, 4.69) is 15.3 Å². The molecule has 2 rings (SSSR count). The lowest BCUT2D eigenvalue weighted by Gasteiger charge is -2.10. The van der Waals surface area contributed by atoms with Gasteiger partial charge in [0.1, 0.15) is 16.8 Å². The number of rotatable bonds is 3. The Bertz CT molecular complexity index is 553. The Morgan fingerprint density at radius 2 is 1.78 bits per heavy atom. The lowest BCUT2D eigenvalue weighted by Crippen LogP contribution is -2.03. The van der Waals surface area contributed by atoms with E-state index < -0.39 is 0 Å².